The van der Waals surface area contributed by atoms with Gasteiger partial charge in [0.15, 0.2) is 5.76 Å². The summed E-state index contributed by atoms with van der Waals surface area (Å²) in [7, 11) is 1.71. The van der Waals surface area contributed by atoms with Gasteiger partial charge in [-0.25, -0.2) is 0 Å². The van der Waals surface area contributed by atoms with E-state index in [4.69, 9.17) is 9.15 Å². The zero-order valence-electron chi connectivity index (χ0n) is 8.81. The number of methoxy groups -OCH3 is 1. The SMILES string of the molecule is COC1CCN(CC(=O)c2ccco2)C1. The van der Waals surface area contributed by atoms with Crippen LogP contribution in [0.3, 0.4) is 0 Å². The third-order valence-electron chi connectivity index (χ3n) is 2.73. The lowest BCUT2D eigenvalue weighted by Gasteiger charge is -2.13. The van der Waals surface area contributed by atoms with Gasteiger partial charge in [-0.3, -0.25) is 9.69 Å². The first-order valence-electron chi connectivity index (χ1n) is 5.11. The van der Waals surface area contributed by atoms with Gasteiger partial charge in [-0.1, -0.05) is 0 Å². The molecule has 82 valence electrons. The summed E-state index contributed by atoms with van der Waals surface area (Å²) < 4.78 is 10.3. The fourth-order valence-corrected chi connectivity index (χ4v) is 1.85. The number of Topliss-reactive ketones (excluding diaryl/α,β-unsaturated/α-hetero) is 1. The molecule has 4 nitrogen and oxygen atoms in total. The van der Waals surface area contributed by atoms with E-state index in [9.17, 15) is 4.79 Å². The smallest absolute Gasteiger partial charge is 0.211 e. The van der Waals surface area contributed by atoms with Crippen LogP contribution in [0.15, 0.2) is 22.8 Å². The molecule has 0 saturated carbocycles. The van der Waals surface area contributed by atoms with Gasteiger partial charge in [-0.05, 0) is 18.6 Å². The lowest BCUT2D eigenvalue weighted by Crippen LogP contribution is -2.28. The van der Waals surface area contributed by atoms with E-state index in [-0.39, 0.29) is 11.9 Å². The Labute approximate surface area is 88.8 Å². The minimum absolute atomic E-state index is 0.0387. The summed E-state index contributed by atoms with van der Waals surface area (Å²) in [6.45, 7) is 2.18. The maximum atomic E-state index is 11.7. The van der Waals surface area contributed by atoms with Crippen molar-refractivity contribution in [2.45, 2.75) is 12.5 Å². The molecule has 0 aliphatic carbocycles. The molecule has 1 atom stereocenters. The van der Waals surface area contributed by atoms with Gasteiger partial charge in [0.2, 0.25) is 5.78 Å². The van der Waals surface area contributed by atoms with Gasteiger partial charge in [0.25, 0.3) is 0 Å². The summed E-state index contributed by atoms with van der Waals surface area (Å²) in [5.74, 6) is 0.479. The molecule has 1 aliphatic heterocycles. The number of ether oxygens (including phenoxy) is 1. The molecule has 2 rings (SSSR count). The predicted molar refractivity (Wildman–Crippen MR) is 54.9 cm³/mol. The topological polar surface area (TPSA) is 42.7 Å². The van der Waals surface area contributed by atoms with Crippen molar-refractivity contribution in [3.05, 3.63) is 24.2 Å². The van der Waals surface area contributed by atoms with Gasteiger partial charge < -0.3 is 9.15 Å². The fraction of sp³-hybridized carbons (Fsp3) is 0.545. The molecule has 1 saturated heterocycles. The minimum Gasteiger partial charge on any atom is -0.461 e. The molecule has 0 radical (unpaired) electrons. The molecule has 1 fully saturated rings. The Morgan fingerprint density at radius 1 is 1.73 bits per heavy atom. The molecular weight excluding hydrogens is 194 g/mol. The molecule has 15 heavy (non-hydrogen) atoms. The Bertz CT molecular complexity index is 321. The van der Waals surface area contributed by atoms with E-state index < -0.39 is 0 Å². The first kappa shape index (κ1) is 10.4. The molecule has 0 spiro atoms. The largest absolute Gasteiger partial charge is 0.461 e. The van der Waals surface area contributed by atoms with Crippen molar-refractivity contribution in [2.24, 2.45) is 0 Å². The summed E-state index contributed by atoms with van der Waals surface area (Å²) in [6.07, 6.45) is 2.80. The molecule has 2 heterocycles. The second-order valence-corrected chi connectivity index (χ2v) is 3.78. The van der Waals surface area contributed by atoms with E-state index in [0.29, 0.717) is 12.3 Å². The van der Waals surface area contributed by atoms with Gasteiger partial charge in [0.05, 0.1) is 18.9 Å². The molecule has 1 aromatic rings. The van der Waals surface area contributed by atoms with Crippen molar-refractivity contribution in [1.82, 2.24) is 4.90 Å². The zero-order chi connectivity index (χ0) is 10.7. The number of carbonyl (C=O) groups is 1. The summed E-state index contributed by atoms with van der Waals surface area (Å²) in [6, 6.07) is 3.43. The molecule has 0 bridgehead atoms. The van der Waals surface area contributed by atoms with Gasteiger partial charge in [0, 0.05) is 20.2 Å². The highest BCUT2D eigenvalue weighted by molar-refractivity contribution is 5.95. The number of carbonyl (C=O) groups excluding carboxylic acids is 1. The number of rotatable bonds is 4. The van der Waals surface area contributed by atoms with Crippen LogP contribution in [0.2, 0.25) is 0 Å². The molecule has 0 aromatic carbocycles. The van der Waals surface area contributed by atoms with Crippen molar-refractivity contribution < 1.29 is 13.9 Å². The summed E-state index contributed by atoms with van der Waals surface area (Å²) in [5.41, 5.74) is 0. The lowest BCUT2D eigenvalue weighted by atomic mass is 10.3. The Morgan fingerprint density at radius 2 is 2.60 bits per heavy atom. The van der Waals surface area contributed by atoms with Crippen molar-refractivity contribution in [1.29, 1.82) is 0 Å². The predicted octanol–water partition coefficient (Wildman–Crippen LogP) is 1.18. The minimum atomic E-state index is 0.0387. The van der Waals surface area contributed by atoms with Crippen LogP contribution in [-0.4, -0.2) is 43.5 Å². The summed E-state index contributed by atoms with van der Waals surface area (Å²) >= 11 is 0. The first-order chi connectivity index (χ1) is 7.29. The molecular formula is C11H15NO3. The Hall–Kier alpha value is -1.13. The van der Waals surface area contributed by atoms with Crippen LogP contribution in [0.1, 0.15) is 17.0 Å². The van der Waals surface area contributed by atoms with Crippen LogP contribution in [0.5, 0.6) is 0 Å². The van der Waals surface area contributed by atoms with Crippen LogP contribution < -0.4 is 0 Å². The number of hydrogen-bond acceptors (Lipinski definition) is 4. The summed E-state index contributed by atoms with van der Waals surface area (Å²) in [5, 5.41) is 0. The van der Waals surface area contributed by atoms with Crippen LogP contribution in [-0.2, 0) is 4.74 Å². The van der Waals surface area contributed by atoms with E-state index >= 15 is 0 Å². The number of hydrogen-bond donors (Lipinski definition) is 0. The van der Waals surface area contributed by atoms with Gasteiger partial charge in [-0.15, -0.1) is 0 Å². The van der Waals surface area contributed by atoms with Gasteiger partial charge >= 0.3 is 0 Å². The van der Waals surface area contributed by atoms with Gasteiger partial charge in [0.1, 0.15) is 0 Å². The molecule has 0 N–H and O–H groups in total. The van der Waals surface area contributed by atoms with Crippen LogP contribution in [0.4, 0.5) is 0 Å². The third-order valence-corrected chi connectivity index (χ3v) is 2.73. The van der Waals surface area contributed by atoms with E-state index in [1.54, 1.807) is 19.2 Å². The van der Waals surface area contributed by atoms with Crippen LogP contribution in [0, 0.1) is 0 Å². The highest BCUT2D eigenvalue weighted by Crippen LogP contribution is 2.12. The molecule has 0 amide bonds. The second-order valence-electron chi connectivity index (χ2n) is 3.78. The highest BCUT2D eigenvalue weighted by Gasteiger charge is 2.24. The average Bonchev–Trinajstić information content (AvgIpc) is 2.87. The number of ketones is 1. The molecule has 4 heteroatoms. The van der Waals surface area contributed by atoms with E-state index in [1.165, 1.54) is 6.26 Å². The fourth-order valence-electron chi connectivity index (χ4n) is 1.85. The number of furan rings is 1. The standard InChI is InChI=1S/C11H15NO3/c1-14-9-4-5-12(7-9)8-10(13)11-3-2-6-15-11/h2-3,6,9H,4-5,7-8H2,1H3. The average molecular weight is 209 g/mol. The Kier molecular flexibility index (Phi) is 3.18. The Morgan fingerprint density at radius 3 is 3.20 bits per heavy atom. The van der Waals surface area contributed by atoms with Gasteiger partial charge in [-0.2, -0.15) is 0 Å². The lowest BCUT2D eigenvalue weighted by molar-refractivity contribution is 0.0875. The monoisotopic (exact) mass is 209 g/mol. The maximum absolute atomic E-state index is 11.7. The van der Waals surface area contributed by atoms with E-state index in [2.05, 4.69) is 4.90 Å². The third kappa shape index (κ3) is 2.46. The van der Waals surface area contributed by atoms with Crippen molar-refractivity contribution in [3.63, 3.8) is 0 Å². The first-order valence-corrected chi connectivity index (χ1v) is 5.11. The quantitative estimate of drug-likeness (QED) is 0.698. The van der Waals surface area contributed by atoms with Crippen LogP contribution in [0.25, 0.3) is 0 Å². The van der Waals surface area contributed by atoms with Crippen molar-refractivity contribution >= 4 is 5.78 Å². The highest BCUT2D eigenvalue weighted by atomic mass is 16.5. The summed E-state index contributed by atoms with van der Waals surface area (Å²) in [4.78, 5) is 13.8. The second kappa shape index (κ2) is 4.59. The van der Waals surface area contributed by atoms with Crippen LogP contribution >= 0.6 is 0 Å². The molecule has 1 unspecified atom stereocenters. The number of likely N-dealkylation sites (tertiary alicyclic amines) is 1. The van der Waals surface area contributed by atoms with E-state index in [0.717, 1.165) is 19.5 Å². The number of nitrogens with zero attached hydrogens (tertiary/aromatic N) is 1. The maximum Gasteiger partial charge on any atom is 0.211 e. The van der Waals surface area contributed by atoms with E-state index in [1.807, 2.05) is 0 Å². The van der Waals surface area contributed by atoms with Crippen molar-refractivity contribution in [2.75, 3.05) is 26.7 Å². The molecule has 1 aromatic heterocycles. The zero-order valence-corrected chi connectivity index (χ0v) is 8.81. The Balaban J connectivity index is 1.86. The van der Waals surface area contributed by atoms with Crippen molar-refractivity contribution in [3.8, 4) is 0 Å². The normalized spacial score (nSPS) is 22.1. The molecule has 1 aliphatic rings.